The van der Waals surface area contributed by atoms with Gasteiger partial charge in [-0.05, 0) is 5.56 Å². The van der Waals surface area contributed by atoms with Gasteiger partial charge in [-0.25, -0.2) is 0 Å². The number of aliphatic carboxylic acids is 1. The Hall–Kier alpha value is -1.64. The lowest BCUT2D eigenvalue weighted by molar-refractivity contribution is -0.145. The molecular weight excluding hydrogens is 322 g/mol. The predicted octanol–water partition coefficient (Wildman–Crippen LogP) is 1.07. The third-order valence-electron chi connectivity index (χ3n) is 3.30. The van der Waals surface area contributed by atoms with E-state index in [1.54, 1.807) is 4.90 Å². The molecule has 0 aliphatic carbocycles. The van der Waals surface area contributed by atoms with E-state index in [0.29, 0.717) is 19.1 Å². The molecule has 0 spiro atoms. The molecule has 1 amide bonds. The number of thioether (sulfide) groups is 1. The molecule has 1 aliphatic heterocycles. The first kappa shape index (κ1) is 16.7. The smallest absolute Gasteiger partial charge is 0.321 e. The lowest BCUT2D eigenvalue weighted by Gasteiger charge is -2.39. The first-order chi connectivity index (χ1) is 10.5. The van der Waals surface area contributed by atoms with Crippen molar-refractivity contribution in [3.8, 4) is 0 Å². The van der Waals surface area contributed by atoms with E-state index in [1.807, 2.05) is 35.2 Å². The number of carboxylic acid groups (broad SMARTS) is 1. The van der Waals surface area contributed by atoms with Gasteiger partial charge in [0, 0.05) is 6.54 Å². The lowest BCUT2D eigenvalue weighted by atomic mass is 10.2. The maximum Gasteiger partial charge on any atom is 0.321 e. The van der Waals surface area contributed by atoms with Crippen LogP contribution in [0.25, 0.3) is 0 Å². The van der Waals surface area contributed by atoms with Gasteiger partial charge in [-0.2, -0.15) is 0 Å². The van der Waals surface area contributed by atoms with E-state index in [0.717, 1.165) is 9.88 Å². The van der Waals surface area contributed by atoms with Crippen molar-refractivity contribution in [1.82, 2.24) is 9.80 Å². The van der Waals surface area contributed by atoms with Crippen LogP contribution in [0.2, 0.25) is 0 Å². The maximum absolute atomic E-state index is 11.4. The summed E-state index contributed by atoms with van der Waals surface area (Å²) in [5.41, 5.74) is 6.24. The third-order valence-corrected chi connectivity index (χ3v) is 4.88. The second kappa shape index (κ2) is 7.57. The summed E-state index contributed by atoms with van der Waals surface area (Å²) in [5.74, 6) is -1.24. The highest BCUT2D eigenvalue weighted by molar-refractivity contribution is 8.22. The van der Waals surface area contributed by atoms with Gasteiger partial charge in [0.15, 0.2) is 0 Å². The Bertz CT molecular complexity index is 568. The predicted molar refractivity (Wildman–Crippen MR) is 89.0 cm³/mol. The van der Waals surface area contributed by atoms with E-state index < -0.39 is 17.9 Å². The average molecular weight is 339 g/mol. The zero-order valence-corrected chi connectivity index (χ0v) is 13.5. The zero-order chi connectivity index (χ0) is 16.1. The van der Waals surface area contributed by atoms with Gasteiger partial charge in [-0.1, -0.05) is 54.3 Å². The minimum atomic E-state index is -1.05. The third kappa shape index (κ3) is 4.43. The van der Waals surface area contributed by atoms with Crippen molar-refractivity contribution >= 4 is 40.2 Å². The Morgan fingerprint density at radius 1 is 1.36 bits per heavy atom. The molecule has 0 saturated carbocycles. The van der Waals surface area contributed by atoms with Gasteiger partial charge in [-0.15, -0.1) is 0 Å². The standard InChI is InChI=1S/C14H17N3O3S2/c15-12(18)6-11(13(19)20)17-8-16(14(21)22-9-17)7-10-4-2-1-3-5-10/h1-5,11H,6-9H2,(H2,15,18)(H,19,20). The van der Waals surface area contributed by atoms with E-state index in [1.165, 1.54) is 11.8 Å². The van der Waals surface area contributed by atoms with Crippen LogP contribution < -0.4 is 5.73 Å². The Morgan fingerprint density at radius 3 is 2.64 bits per heavy atom. The summed E-state index contributed by atoms with van der Waals surface area (Å²) >= 11 is 6.74. The Labute approximate surface area is 138 Å². The van der Waals surface area contributed by atoms with Gasteiger partial charge in [0.05, 0.1) is 19.0 Å². The van der Waals surface area contributed by atoms with E-state index in [-0.39, 0.29) is 6.42 Å². The largest absolute Gasteiger partial charge is 0.480 e. The van der Waals surface area contributed by atoms with Crippen molar-refractivity contribution in [1.29, 1.82) is 0 Å². The van der Waals surface area contributed by atoms with Gasteiger partial charge in [-0.3, -0.25) is 14.5 Å². The van der Waals surface area contributed by atoms with Crippen LogP contribution >= 0.6 is 24.0 Å². The fourth-order valence-electron chi connectivity index (χ4n) is 2.22. The Kier molecular flexibility index (Phi) is 5.76. The molecule has 6 nitrogen and oxygen atoms in total. The Morgan fingerprint density at radius 2 is 2.05 bits per heavy atom. The molecule has 1 fully saturated rings. The van der Waals surface area contributed by atoms with Crippen molar-refractivity contribution in [2.24, 2.45) is 5.73 Å². The molecule has 8 heteroatoms. The molecular formula is C14H17N3O3S2. The molecule has 1 aliphatic rings. The molecule has 2 rings (SSSR count). The number of rotatable bonds is 6. The normalized spacial score (nSPS) is 17.3. The number of carboxylic acids is 1. The summed E-state index contributed by atoms with van der Waals surface area (Å²) in [6.45, 7) is 0.969. The molecule has 1 aromatic rings. The van der Waals surface area contributed by atoms with Gasteiger partial charge in [0.2, 0.25) is 5.91 Å². The number of nitrogens with two attached hydrogens (primary N) is 1. The SMILES string of the molecule is NC(=O)CC(C(=O)O)N1CSC(=S)N(Cc2ccccc2)C1. The summed E-state index contributed by atoms with van der Waals surface area (Å²) in [6.07, 6.45) is -0.207. The summed E-state index contributed by atoms with van der Waals surface area (Å²) in [5, 5.41) is 9.31. The monoisotopic (exact) mass is 339 g/mol. The van der Waals surface area contributed by atoms with Crippen LogP contribution in [0.3, 0.4) is 0 Å². The summed E-state index contributed by atoms with van der Waals surface area (Å²) in [4.78, 5) is 26.1. The van der Waals surface area contributed by atoms with Gasteiger partial charge < -0.3 is 15.7 Å². The van der Waals surface area contributed by atoms with Crippen molar-refractivity contribution in [2.45, 2.75) is 19.0 Å². The molecule has 118 valence electrons. The average Bonchev–Trinajstić information content (AvgIpc) is 2.48. The van der Waals surface area contributed by atoms with Crippen LogP contribution in [0, 0.1) is 0 Å². The second-order valence-electron chi connectivity index (χ2n) is 4.98. The summed E-state index contributed by atoms with van der Waals surface area (Å²) in [7, 11) is 0. The number of benzene rings is 1. The molecule has 1 atom stereocenters. The molecule has 1 unspecified atom stereocenters. The van der Waals surface area contributed by atoms with E-state index in [9.17, 15) is 14.7 Å². The summed E-state index contributed by atoms with van der Waals surface area (Å²) in [6, 6.07) is 8.88. The molecule has 0 aromatic heterocycles. The molecule has 3 N–H and O–H groups in total. The van der Waals surface area contributed by atoms with Crippen molar-refractivity contribution in [2.75, 3.05) is 12.5 Å². The van der Waals surface area contributed by atoms with Gasteiger partial charge >= 0.3 is 5.97 Å². The molecule has 22 heavy (non-hydrogen) atoms. The van der Waals surface area contributed by atoms with E-state index >= 15 is 0 Å². The van der Waals surface area contributed by atoms with Crippen LogP contribution in [0.15, 0.2) is 30.3 Å². The number of carbonyl (C=O) groups excluding carboxylic acids is 1. The highest BCUT2D eigenvalue weighted by Crippen LogP contribution is 2.23. The fourth-order valence-corrected chi connectivity index (χ4v) is 3.34. The van der Waals surface area contributed by atoms with E-state index in [4.69, 9.17) is 18.0 Å². The fraction of sp³-hybridized carbons (Fsp3) is 0.357. The number of hydrogen-bond acceptors (Lipinski definition) is 5. The van der Waals surface area contributed by atoms with Crippen molar-refractivity contribution in [3.63, 3.8) is 0 Å². The number of nitrogens with zero attached hydrogens (tertiary/aromatic N) is 2. The van der Waals surface area contributed by atoms with Crippen LogP contribution in [-0.2, 0) is 16.1 Å². The quantitative estimate of drug-likeness (QED) is 0.750. The first-order valence-electron chi connectivity index (χ1n) is 6.68. The zero-order valence-electron chi connectivity index (χ0n) is 11.8. The number of thiocarbonyl (C=S) groups is 1. The van der Waals surface area contributed by atoms with Crippen LogP contribution in [0.4, 0.5) is 0 Å². The van der Waals surface area contributed by atoms with Crippen LogP contribution in [-0.4, -0.2) is 49.7 Å². The first-order valence-corrected chi connectivity index (χ1v) is 8.07. The van der Waals surface area contributed by atoms with E-state index in [2.05, 4.69) is 0 Å². The highest BCUT2D eigenvalue weighted by Gasteiger charge is 2.32. The molecule has 1 aromatic carbocycles. The molecule has 0 radical (unpaired) electrons. The molecule has 1 saturated heterocycles. The maximum atomic E-state index is 11.4. The topological polar surface area (TPSA) is 86.9 Å². The highest BCUT2D eigenvalue weighted by atomic mass is 32.2. The van der Waals surface area contributed by atoms with Crippen LogP contribution in [0.5, 0.6) is 0 Å². The molecule has 0 bridgehead atoms. The van der Waals surface area contributed by atoms with Crippen molar-refractivity contribution < 1.29 is 14.7 Å². The number of amides is 1. The molecule has 1 heterocycles. The van der Waals surface area contributed by atoms with Gasteiger partial charge in [0.1, 0.15) is 10.4 Å². The minimum absolute atomic E-state index is 0.207. The Balaban J connectivity index is 2.07. The van der Waals surface area contributed by atoms with Crippen LogP contribution in [0.1, 0.15) is 12.0 Å². The number of carbonyl (C=O) groups is 2. The van der Waals surface area contributed by atoms with Crippen molar-refractivity contribution in [3.05, 3.63) is 35.9 Å². The number of primary amides is 1. The lowest BCUT2D eigenvalue weighted by Crippen LogP contribution is -2.52. The number of hydrogen-bond donors (Lipinski definition) is 2. The summed E-state index contributed by atoms with van der Waals surface area (Å²) < 4.78 is 0.725. The second-order valence-corrected chi connectivity index (χ2v) is 6.56. The van der Waals surface area contributed by atoms with Gasteiger partial charge in [0.25, 0.3) is 0 Å². The minimum Gasteiger partial charge on any atom is -0.480 e.